The van der Waals surface area contributed by atoms with Gasteiger partial charge in [-0.1, -0.05) is 6.07 Å². The van der Waals surface area contributed by atoms with Crippen molar-refractivity contribution in [3.63, 3.8) is 0 Å². The number of nitrogens with zero attached hydrogens (tertiary/aromatic N) is 2. The van der Waals surface area contributed by atoms with E-state index in [9.17, 15) is 8.42 Å². The van der Waals surface area contributed by atoms with Crippen LogP contribution in [0.15, 0.2) is 23.1 Å². The molecule has 1 aromatic carbocycles. The molecule has 0 spiro atoms. The maximum absolute atomic E-state index is 12.1. The van der Waals surface area contributed by atoms with Crippen molar-refractivity contribution in [3.8, 4) is 0 Å². The molecule has 106 valence electrons. The average Bonchev–Trinajstić information content (AvgIpc) is 2.78. The van der Waals surface area contributed by atoms with Crippen LogP contribution >= 0.6 is 0 Å². The predicted molar refractivity (Wildman–Crippen MR) is 74.9 cm³/mol. The molecule has 1 aliphatic heterocycles. The van der Waals surface area contributed by atoms with Crippen molar-refractivity contribution in [2.24, 2.45) is 0 Å². The maximum Gasteiger partial charge on any atom is 0.242 e. The van der Waals surface area contributed by atoms with Gasteiger partial charge in [-0.15, -0.1) is 0 Å². The topological polar surface area (TPSA) is 60.9 Å². The third-order valence-electron chi connectivity index (χ3n) is 3.41. The minimum absolute atomic E-state index is 0.154. The largest absolute Gasteiger partial charge is 0.396 e. The molecule has 19 heavy (non-hydrogen) atoms. The SMILES string of the molecule is CN(C)S(=O)(=O)c1ccc2c(c1)N(CCCO)CC2. The third-order valence-corrected chi connectivity index (χ3v) is 5.22. The van der Waals surface area contributed by atoms with Crippen molar-refractivity contribution >= 4 is 15.7 Å². The molecule has 0 aliphatic carbocycles. The number of hydrogen-bond donors (Lipinski definition) is 1. The van der Waals surface area contributed by atoms with E-state index < -0.39 is 10.0 Å². The van der Waals surface area contributed by atoms with E-state index >= 15 is 0 Å². The molecule has 2 rings (SSSR count). The zero-order valence-corrected chi connectivity index (χ0v) is 12.2. The van der Waals surface area contributed by atoms with Crippen LogP contribution in [0.1, 0.15) is 12.0 Å². The Morgan fingerprint density at radius 2 is 2.11 bits per heavy atom. The lowest BCUT2D eigenvalue weighted by molar-refractivity contribution is 0.290. The molecule has 0 saturated heterocycles. The van der Waals surface area contributed by atoms with Crippen LogP contribution in [0.4, 0.5) is 5.69 Å². The molecule has 1 aliphatic rings. The number of rotatable bonds is 5. The third kappa shape index (κ3) is 2.75. The summed E-state index contributed by atoms with van der Waals surface area (Å²) in [6, 6.07) is 5.31. The van der Waals surface area contributed by atoms with E-state index in [1.807, 2.05) is 6.07 Å². The lowest BCUT2D eigenvalue weighted by Gasteiger charge is -2.20. The summed E-state index contributed by atoms with van der Waals surface area (Å²) in [5, 5.41) is 8.90. The van der Waals surface area contributed by atoms with Gasteiger partial charge < -0.3 is 10.0 Å². The van der Waals surface area contributed by atoms with Crippen LogP contribution in [-0.4, -0.2) is 51.6 Å². The van der Waals surface area contributed by atoms with Crippen LogP contribution in [0.2, 0.25) is 0 Å². The van der Waals surface area contributed by atoms with E-state index in [2.05, 4.69) is 4.90 Å². The van der Waals surface area contributed by atoms with Gasteiger partial charge in [0.1, 0.15) is 0 Å². The van der Waals surface area contributed by atoms with Crippen LogP contribution in [0, 0.1) is 0 Å². The molecule has 1 aromatic rings. The van der Waals surface area contributed by atoms with Gasteiger partial charge >= 0.3 is 0 Å². The number of aliphatic hydroxyl groups is 1. The van der Waals surface area contributed by atoms with Gasteiger partial charge in [0.2, 0.25) is 10.0 Å². The Morgan fingerprint density at radius 1 is 1.37 bits per heavy atom. The fourth-order valence-electron chi connectivity index (χ4n) is 2.29. The Kier molecular flexibility index (Phi) is 4.13. The summed E-state index contributed by atoms with van der Waals surface area (Å²) in [7, 11) is -0.317. The summed E-state index contributed by atoms with van der Waals surface area (Å²) in [6.07, 6.45) is 1.63. The van der Waals surface area contributed by atoms with Crippen LogP contribution in [-0.2, 0) is 16.4 Å². The van der Waals surface area contributed by atoms with Gasteiger partial charge in [0.05, 0.1) is 4.90 Å². The first-order valence-electron chi connectivity index (χ1n) is 6.38. The molecule has 0 bridgehead atoms. The van der Waals surface area contributed by atoms with Gasteiger partial charge in [0, 0.05) is 39.5 Å². The zero-order valence-electron chi connectivity index (χ0n) is 11.3. The van der Waals surface area contributed by atoms with Gasteiger partial charge in [-0.25, -0.2) is 12.7 Å². The summed E-state index contributed by atoms with van der Waals surface area (Å²) in [6.45, 7) is 1.80. The van der Waals surface area contributed by atoms with Gasteiger partial charge in [-0.05, 0) is 30.5 Å². The van der Waals surface area contributed by atoms with Crippen molar-refractivity contribution < 1.29 is 13.5 Å². The molecule has 0 fully saturated rings. The Labute approximate surface area is 114 Å². The van der Waals surface area contributed by atoms with Gasteiger partial charge in [-0.3, -0.25) is 0 Å². The fraction of sp³-hybridized carbons (Fsp3) is 0.538. The molecule has 0 aromatic heterocycles. The summed E-state index contributed by atoms with van der Waals surface area (Å²) >= 11 is 0. The number of sulfonamides is 1. The monoisotopic (exact) mass is 284 g/mol. The second-order valence-electron chi connectivity index (χ2n) is 4.89. The van der Waals surface area contributed by atoms with Crippen LogP contribution < -0.4 is 4.90 Å². The fourth-order valence-corrected chi connectivity index (χ4v) is 3.21. The second-order valence-corrected chi connectivity index (χ2v) is 7.04. The van der Waals surface area contributed by atoms with Crippen LogP contribution in [0.5, 0.6) is 0 Å². The summed E-state index contributed by atoms with van der Waals surface area (Å²) in [4.78, 5) is 2.47. The smallest absolute Gasteiger partial charge is 0.242 e. The number of aliphatic hydroxyl groups excluding tert-OH is 1. The molecule has 1 heterocycles. The van der Waals surface area contributed by atoms with Crippen molar-refractivity contribution in [1.29, 1.82) is 0 Å². The Balaban J connectivity index is 2.33. The quantitative estimate of drug-likeness (QED) is 0.864. The first kappa shape index (κ1) is 14.3. The standard InChI is InChI=1S/C13H20N2O3S/c1-14(2)19(17,18)12-5-4-11-6-8-15(7-3-9-16)13(11)10-12/h4-5,10,16H,3,6-9H2,1-2H3. The minimum Gasteiger partial charge on any atom is -0.396 e. The van der Waals surface area contributed by atoms with E-state index in [-0.39, 0.29) is 6.61 Å². The summed E-state index contributed by atoms with van der Waals surface area (Å²) in [5.41, 5.74) is 2.16. The minimum atomic E-state index is -3.39. The number of hydrogen-bond acceptors (Lipinski definition) is 4. The van der Waals surface area contributed by atoms with Crippen LogP contribution in [0.25, 0.3) is 0 Å². The lowest BCUT2D eigenvalue weighted by atomic mass is 10.2. The number of anilines is 1. The molecule has 0 radical (unpaired) electrons. The van der Waals surface area contributed by atoms with Crippen LogP contribution in [0.3, 0.4) is 0 Å². The maximum atomic E-state index is 12.1. The molecule has 0 amide bonds. The summed E-state index contributed by atoms with van der Waals surface area (Å²) < 4.78 is 25.5. The molecule has 6 heteroatoms. The molecule has 0 saturated carbocycles. The highest BCUT2D eigenvalue weighted by Crippen LogP contribution is 2.31. The zero-order chi connectivity index (χ0) is 14.0. The van der Waals surface area contributed by atoms with E-state index in [0.29, 0.717) is 11.3 Å². The highest BCUT2D eigenvalue weighted by molar-refractivity contribution is 7.89. The first-order chi connectivity index (χ1) is 8.96. The van der Waals surface area contributed by atoms with Crippen molar-refractivity contribution in [1.82, 2.24) is 4.31 Å². The Bertz CT molecular complexity index is 555. The first-order valence-corrected chi connectivity index (χ1v) is 7.82. The Hall–Kier alpha value is -1.11. The lowest BCUT2D eigenvalue weighted by Crippen LogP contribution is -2.24. The van der Waals surface area contributed by atoms with Gasteiger partial charge in [0.25, 0.3) is 0 Å². The van der Waals surface area contributed by atoms with E-state index in [0.717, 1.165) is 25.2 Å². The predicted octanol–water partition coefficient (Wildman–Crippen LogP) is 0.682. The number of benzene rings is 1. The number of fused-ring (bicyclic) bond motifs is 1. The molecular formula is C13H20N2O3S. The molecule has 0 unspecified atom stereocenters. The molecule has 5 nitrogen and oxygen atoms in total. The molecular weight excluding hydrogens is 264 g/mol. The van der Waals surface area contributed by atoms with Gasteiger partial charge in [-0.2, -0.15) is 0 Å². The highest BCUT2D eigenvalue weighted by atomic mass is 32.2. The van der Waals surface area contributed by atoms with E-state index in [1.54, 1.807) is 12.1 Å². The molecule has 1 N–H and O–H groups in total. The average molecular weight is 284 g/mol. The van der Waals surface area contributed by atoms with Crippen molar-refractivity contribution in [2.75, 3.05) is 38.7 Å². The van der Waals surface area contributed by atoms with Crippen molar-refractivity contribution in [2.45, 2.75) is 17.7 Å². The highest BCUT2D eigenvalue weighted by Gasteiger charge is 2.23. The van der Waals surface area contributed by atoms with Crippen molar-refractivity contribution in [3.05, 3.63) is 23.8 Å². The molecule has 0 atom stereocenters. The summed E-state index contributed by atoms with van der Waals surface area (Å²) in [5.74, 6) is 0. The Morgan fingerprint density at radius 3 is 2.74 bits per heavy atom. The second kappa shape index (κ2) is 5.48. The van der Waals surface area contributed by atoms with E-state index in [1.165, 1.54) is 24.0 Å². The van der Waals surface area contributed by atoms with E-state index in [4.69, 9.17) is 5.11 Å². The normalized spacial score (nSPS) is 15.1. The van der Waals surface area contributed by atoms with Gasteiger partial charge in [0.15, 0.2) is 0 Å².